The zero-order chi connectivity index (χ0) is 12.5. The molecule has 1 aromatic carbocycles. The number of aliphatic carboxylic acids is 1. The van der Waals surface area contributed by atoms with Gasteiger partial charge in [0.25, 0.3) is 0 Å². The molecule has 0 bridgehead atoms. The van der Waals surface area contributed by atoms with Crippen LogP contribution in [0.3, 0.4) is 0 Å². The van der Waals surface area contributed by atoms with Crippen molar-refractivity contribution < 1.29 is 9.90 Å². The Bertz CT molecular complexity index is 677. The summed E-state index contributed by atoms with van der Waals surface area (Å²) in [4.78, 5) is 12.1. The highest BCUT2D eigenvalue weighted by Crippen LogP contribution is 2.36. The Kier molecular flexibility index (Phi) is 2.61. The fourth-order valence-corrected chi connectivity index (χ4v) is 2.95. The summed E-state index contributed by atoms with van der Waals surface area (Å²) in [5.74, 6) is -0.918. The molecule has 88 valence electrons. The number of hydrogen-bond donors (Lipinski definition) is 1. The molecule has 2 aromatic rings. The molecule has 1 aromatic heterocycles. The van der Waals surface area contributed by atoms with Crippen molar-refractivity contribution in [2.24, 2.45) is 0 Å². The van der Waals surface area contributed by atoms with E-state index in [0.717, 1.165) is 27.1 Å². The molecule has 0 saturated carbocycles. The van der Waals surface area contributed by atoms with Gasteiger partial charge in [-0.15, -0.1) is 11.3 Å². The number of carboxylic acid groups (broad SMARTS) is 1. The van der Waals surface area contributed by atoms with Crippen molar-refractivity contribution in [1.29, 1.82) is 0 Å². The summed E-state index contributed by atoms with van der Waals surface area (Å²) in [7, 11) is 0. The van der Waals surface area contributed by atoms with E-state index in [1.165, 1.54) is 6.08 Å². The number of thiophene rings is 1. The molecule has 0 fully saturated rings. The van der Waals surface area contributed by atoms with Gasteiger partial charge < -0.3 is 5.11 Å². The number of carbonyl (C=O) groups is 1. The third kappa shape index (κ3) is 1.79. The first-order chi connectivity index (χ1) is 8.75. The lowest BCUT2D eigenvalue weighted by Gasteiger charge is -2.08. The molecule has 0 radical (unpaired) electrons. The smallest absolute Gasteiger partial charge is 0.328 e. The second-order valence-electron chi connectivity index (χ2n) is 4.02. The predicted molar refractivity (Wildman–Crippen MR) is 74.4 cm³/mol. The third-order valence-electron chi connectivity index (χ3n) is 2.92. The molecule has 3 rings (SSSR count). The van der Waals surface area contributed by atoms with Gasteiger partial charge in [-0.1, -0.05) is 30.3 Å². The van der Waals surface area contributed by atoms with Crippen LogP contribution in [0.2, 0.25) is 0 Å². The predicted octanol–water partition coefficient (Wildman–Crippen LogP) is 3.75. The molecule has 2 nitrogen and oxygen atoms in total. The van der Waals surface area contributed by atoms with Crippen LogP contribution in [-0.2, 0) is 4.79 Å². The van der Waals surface area contributed by atoms with E-state index in [0.29, 0.717) is 0 Å². The summed E-state index contributed by atoms with van der Waals surface area (Å²) in [6.45, 7) is 0. The van der Waals surface area contributed by atoms with Crippen LogP contribution in [0.5, 0.6) is 0 Å². The molecule has 1 N–H and O–H groups in total. The van der Waals surface area contributed by atoms with Gasteiger partial charge in [-0.05, 0) is 34.2 Å². The SMILES string of the molecule is O=C(O)C=C1c2ccccc2C=Cc2sccc21. The second kappa shape index (κ2) is 4.27. The van der Waals surface area contributed by atoms with E-state index in [-0.39, 0.29) is 0 Å². The van der Waals surface area contributed by atoms with Crippen LogP contribution in [0.15, 0.2) is 41.8 Å². The topological polar surface area (TPSA) is 37.3 Å². The van der Waals surface area contributed by atoms with Crippen molar-refractivity contribution >= 4 is 35.0 Å². The van der Waals surface area contributed by atoms with Crippen LogP contribution in [-0.4, -0.2) is 11.1 Å². The highest BCUT2D eigenvalue weighted by atomic mass is 32.1. The van der Waals surface area contributed by atoms with E-state index in [4.69, 9.17) is 5.11 Å². The highest BCUT2D eigenvalue weighted by molar-refractivity contribution is 7.11. The van der Waals surface area contributed by atoms with Gasteiger partial charge in [-0.25, -0.2) is 4.79 Å². The molecule has 1 aliphatic carbocycles. The molecule has 0 unspecified atom stereocenters. The summed E-state index contributed by atoms with van der Waals surface area (Å²) >= 11 is 1.62. The Morgan fingerprint density at radius 3 is 2.78 bits per heavy atom. The van der Waals surface area contributed by atoms with Crippen LogP contribution >= 0.6 is 11.3 Å². The molecule has 3 heteroatoms. The van der Waals surface area contributed by atoms with Gasteiger partial charge in [0, 0.05) is 16.5 Å². The lowest BCUT2D eigenvalue weighted by molar-refractivity contribution is -0.131. The van der Waals surface area contributed by atoms with Crippen LogP contribution in [0, 0.1) is 0 Å². The van der Waals surface area contributed by atoms with Crippen molar-refractivity contribution in [3.63, 3.8) is 0 Å². The van der Waals surface area contributed by atoms with Crippen molar-refractivity contribution in [3.05, 3.63) is 63.4 Å². The Morgan fingerprint density at radius 2 is 1.94 bits per heavy atom. The lowest BCUT2D eigenvalue weighted by Crippen LogP contribution is -1.95. The first-order valence-corrected chi connectivity index (χ1v) is 6.43. The first-order valence-electron chi connectivity index (χ1n) is 5.55. The number of benzene rings is 1. The number of rotatable bonds is 1. The summed E-state index contributed by atoms with van der Waals surface area (Å²) in [5.41, 5.74) is 3.78. The van der Waals surface area contributed by atoms with Crippen molar-refractivity contribution in [3.8, 4) is 0 Å². The summed E-state index contributed by atoms with van der Waals surface area (Å²) in [5, 5.41) is 11.0. The maximum absolute atomic E-state index is 11.0. The van der Waals surface area contributed by atoms with Gasteiger partial charge >= 0.3 is 5.97 Å². The normalized spacial score (nSPS) is 15.0. The largest absolute Gasteiger partial charge is 0.478 e. The molecular weight excluding hydrogens is 244 g/mol. The van der Waals surface area contributed by atoms with E-state index in [1.54, 1.807) is 11.3 Å². The zero-order valence-electron chi connectivity index (χ0n) is 9.46. The van der Waals surface area contributed by atoms with Gasteiger partial charge in [-0.2, -0.15) is 0 Å². The molecule has 1 heterocycles. The lowest BCUT2D eigenvalue weighted by atomic mass is 9.96. The minimum Gasteiger partial charge on any atom is -0.478 e. The van der Waals surface area contributed by atoms with E-state index in [2.05, 4.69) is 0 Å². The maximum atomic E-state index is 11.0. The third-order valence-corrected chi connectivity index (χ3v) is 3.80. The molecule has 1 aliphatic rings. The summed E-state index contributed by atoms with van der Waals surface area (Å²) < 4.78 is 0. The minimum absolute atomic E-state index is 0.777. The van der Waals surface area contributed by atoms with Crippen molar-refractivity contribution in [2.45, 2.75) is 0 Å². The Balaban J connectivity index is 2.32. The highest BCUT2D eigenvalue weighted by Gasteiger charge is 2.16. The van der Waals surface area contributed by atoms with E-state index < -0.39 is 5.97 Å². The average Bonchev–Trinajstić information content (AvgIpc) is 2.77. The van der Waals surface area contributed by atoms with Crippen LogP contribution in [0.25, 0.3) is 17.7 Å². The number of fused-ring (bicyclic) bond motifs is 2. The molecular formula is C15H10O2S. The average molecular weight is 254 g/mol. The minimum atomic E-state index is -0.918. The second-order valence-corrected chi connectivity index (χ2v) is 4.96. The maximum Gasteiger partial charge on any atom is 0.328 e. The fraction of sp³-hybridized carbons (Fsp3) is 0. The Labute approximate surface area is 109 Å². The zero-order valence-corrected chi connectivity index (χ0v) is 10.3. The quantitative estimate of drug-likeness (QED) is 0.671. The van der Waals surface area contributed by atoms with Crippen LogP contribution in [0.4, 0.5) is 0 Å². The Hall–Kier alpha value is -2.13. The molecule has 0 atom stereocenters. The summed E-state index contributed by atoms with van der Waals surface area (Å²) in [6.07, 6.45) is 5.37. The molecule has 18 heavy (non-hydrogen) atoms. The van der Waals surface area contributed by atoms with E-state index in [1.807, 2.05) is 47.9 Å². The standard InChI is InChI=1S/C15H10O2S/c16-15(17)9-13-11-4-2-1-3-10(11)5-6-14-12(13)7-8-18-14/h1-9H,(H,16,17). The molecule has 0 spiro atoms. The Morgan fingerprint density at radius 1 is 1.11 bits per heavy atom. The molecule has 0 aliphatic heterocycles. The van der Waals surface area contributed by atoms with Crippen LogP contribution < -0.4 is 0 Å². The monoisotopic (exact) mass is 254 g/mol. The van der Waals surface area contributed by atoms with Gasteiger partial charge in [0.1, 0.15) is 0 Å². The van der Waals surface area contributed by atoms with E-state index in [9.17, 15) is 4.79 Å². The van der Waals surface area contributed by atoms with Crippen molar-refractivity contribution in [2.75, 3.05) is 0 Å². The fourth-order valence-electron chi connectivity index (χ4n) is 2.15. The summed E-state index contributed by atoms with van der Waals surface area (Å²) in [6, 6.07) is 9.82. The van der Waals surface area contributed by atoms with E-state index >= 15 is 0 Å². The first kappa shape index (κ1) is 11.0. The van der Waals surface area contributed by atoms with Crippen molar-refractivity contribution in [1.82, 2.24) is 0 Å². The molecule has 0 saturated heterocycles. The number of hydrogen-bond acceptors (Lipinski definition) is 2. The van der Waals surface area contributed by atoms with Crippen LogP contribution in [0.1, 0.15) is 21.6 Å². The van der Waals surface area contributed by atoms with Gasteiger partial charge in [-0.3, -0.25) is 0 Å². The molecule has 0 amide bonds. The number of carboxylic acids is 1. The van der Waals surface area contributed by atoms with Gasteiger partial charge in [0.2, 0.25) is 0 Å². The van der Waals surface area contributed by atoms with Gasteiger partial charge in [0.05, 0.1) is 0 Å². The van der Waals surface area contributed by atoms with Gasteiger partial charge in [0.15, 0.2) is 0 Å².